The van der Waals surface area contributed by atoms with Crippen LogP contribution in [0.25, 0.3) is 0 Å². The van der Waals surface area contributed by atoms with Crippen molar-refractivity contribution in [2.24, 2.45) is 5.92 Å². The minimum atomic E-state index is 0. The zero-order valence-corrected chi connectivity index (χ0v) is 13.3. The summed E-state index contributed by atoms with van der Waals surface area (Å²) >= 11 is 1.64. The number of amides is 1. The van der Waals surface area contributed by atoms with Gasteiger partial charge in [0, 0.05) is 30.8 Å². The van der Waals surface area contributed by atoms with Crippen LogP contribution < -0.4 is 10.6 Å². The third-order valence-corrected chi connectivity index (χ3v) is 3.13. The Kier molecular flexibility index (Phi) is 11.7. The highest BCUT2D eigenvalue weighted by atomic mass is 35.5. The lowest BCUT2D eigenvalue weighted by atomic mass is 10.1. The molecule has 1 unspecified atom stereocenters. The molecule has 0 radical (unpaired) electrons. The number of rotatable bonds is 6. The van der Waals surface area contributed by atoms with Crippen molar-refractivity contribution in [3.8, 4) is 0 Å². The molecule has 2 N–H and O–H groups in total. The Balaban J connectivity index is 0. The van der Waals surface area contributed by atoms with Gasteiger partial charge in [0.1, 0.15) is 0 Å². The third kappa shape index (κ3) is 7.16. The average molecular weight is 314 g/mol. The second-order valence-electron chi connectivity index (χ2n) is 3.86. The van der Waals surface area contributed by atoms with E-state index in [0.717, 1.165) is 17.1 Å². The van der Waals surface area contributed by atoms with Crippen molar-refractivity contribution in [3.63, 3.8) is 0 Å². The van der Waals surface area contributed by atoms with E-state index in [9.17, 15) is 4.79 Å². The van der Waals surface area contributed by atoms with Crippen molar-refractivity contribution >= 4 is 42.1 Å². The number of carbonyl (C=O) groups excluding carboxylic acids is 1. The molecule has 0 saturated heterocycles. The molecule has 1 rings (SSSR count). The predicted molar refractivity (Wildman–Crippen MR) is 81.2 cm³/mol. The smallest absolute Gasteiger partial charge is 0.224 e. The van der Waals surface area contributed by atoms with Crippen molar-refractivity contribution in [1.82, 2.24) is 15.6 Å². The zero-order chi connectivity index (χ0) is 12.0. The van der Waals surface area contributed by atoms with Gasteiger partial charge < -0.3 is 10.6 Å². The molecule has 1 aromatic heterocycles. The fraction of sp³-hybridized carbons (Fsp3) is 0.636. The van der Waals surface area contributed by atoms with Crippen molar-refractivity contribution in [2.45, 2.75) is 20.3 Å². The van der Waals surface area contributed by atoms with Gasteiger partial charge in [-0.25, -0.2) is 4.98 Å². The van der Waals surface area contributed by atoms with Crippen molar-refractivity contribution < 1.29 is 4.79 Å². The number of carbonyl (C=O) groups is 1. The van der Waals surface area contributed by atoms with Gasteiger partial charge in [0.15, 0.2) is 0 Å². The molecule has 18 heavy (non-hydrogen) atoms. The van der Waals surface area contributed by atoms with E-state index in [4.69, 9.17) is 0 Å². The van der Waals surface area contributed by atoms with Crippen LogP contribution in [0.3, 0.4) is 0 Å². The molecule has 0 aliphatic rings. The maximum atomic E-state index is 11.6. The molecule has 7 heteroatoms. The van der Waals surface area contributed by atoms with Crippen LogP contribution in [0, 0.1) is 12.8 Å². The van der Waals surface area contributed by atoms with Crippen molar-refractivity contribution in [3.05, 3.63) is 16.1 Å². The number of aromatic nitrogens is 1. The summed E-state index contributed by atoms with van der Waals surface area (Å²) in [5.41, 5.74) is 1.06. The first kappa shape index (κ1) is 20.0. The summed E-state index contributed by atoms with van der Waals surface area (Å²) in [7, 11) is 1.85. The minimum Gasteiger partial charge on any atom is -0.355 e. The second-order valence-corrected chi connectivity index (χ2v) is 4.92. The van der Waals surface area contributed by atoms with E-state index in [0.29, 0.717) is 13.1 Å². The van der Waals surface area contributed by atoms with Gasteiger partial charge in [0.25, 0.3) is 0 Å². The first-order valence-electron chi connectivity index (χ1n) is 5.46. The van der Waals surface area contributed by atoms with Crippen LogP contribution in [0.1, 0.15) is 17.6 Å². The Morgan fingerprint density at radius 2 is 2.17 bits per heavy atom. The third-order valence-electron chi connectivity index (χ3n) is 2.30. The van der Waals surface area contributed by atoms with Gasteiger partial charge in [-0.3, -0.25) is 4.79 Å². The van der Waals surface area contributed by atoms with Crippen LogP contribution >= 0.6 is 36.2 Å². The van der Waals surface area contributed by atoms with Crippen LogP contribution in [0.5, 0.6) is 0 Å². The second kappa shape index (κ2) is 10.6. The number of hydrogen-bond donors (Lipinski definition) is 2. The summed E-state index contributed by atoms with van der Waals surface area (Å²) in [4.78, 5) is 15.9. The Labute approximate surface area is 125 Å². The van der Waals surface area contributed by atoms with Crippen LogP contribution in [0.4, 0.5) is 0 Å². The van der Waals surface area contributed by atoms with Crippen LogP contribution in [0.15, 0.2) is 5.38 Å². The maximum Gasteiger partial charge on any atom is 0.224 e. The van der Waals surface area contributed by atoms with Crippen LogP contribution in [-0.2, 0) is 11.2 Å². The highest BCUT2D eigenvalue weighted by Gasteiger charge is 2.10. The maximum absolute atomic E-state index is 11.6. The monoisotopic (exact) mass is 313 g/mol. The van der Waals surface area contributed by atoms with E-state index in [-0.39, 0.29) is 36.6 Å². The van der Waals surface area contributed by atoms with E-state index in [1.54, 1.807) is 11.3 Å². The fourth-order valence-electron chi connectivity index (χ4n) is 1.41. The van der Waals surface area contributed by atoms with Gasteiger partial charge in [0.05, 0.1) is 10.7 Å². The van der Waals surface area contributed by atoms with Crippen molar-refractivity contribution in [2.75, 3.05) is 20.1 Å². The molecule has 0 saturated carbocycles. The molecule has 1 atom stereocenters. The molecule has 0 aliphatic heterocycles. The molecule has 0 aromatic carbocycles. The summed E-state index contributed by atoms with van der Waals surface area (Å²) in [5.74, 6) is 0.114. The largest absolute Gasteiger partial charge is 0.355 e. The number of hydrogen-bond acceptors (Lipinski definition) is 4. The van der Waals surface area contributed by atoms with E-state index in [1.807, 2.05) is 26.3 Å². The summed E-state index contributed by atoms with van der Waals surface area (Å²) in [6.07, 6.45) is 0.808. The van der Waals surface area contributed by atoms with E-state index >= 15 is 0 Å². The predicted octanol–water partition coefficient (Wildman–Crippen LogP) is 1.81. The van der Waals surface area contributed by atoms with Gasteiger partial charge in [0.2, 0.25) is 5.91 Å². The first-order valence-corrected chi connectivity index (χ1v) is 6.34. The molecule has 1 aromatic rings. The van der Waals surface area contributed by atoms with E-state index < -0.39 is 0 Å². The van der Waals surface area contributed by atoms with Crippen LogP contribution in [-0.4, -0.2) is 31.0 Å². The van der Waals surface area contributed by atoms with Gasteiger partial charge >= 0.3 is 0 Å². The highest BCUT2D eigenvalue weighted by molar-refractivity contribution is 7.09. The number of halogens is 2. The van der Waals surface area contributed by atoms with Gasteiger partial charge in [-0.05, 0) is 14.0 Å². The molecular weight excluding hydrogens is 293 g/mol. The molecule has 0 spiro atoms. The van der Waals surface area contributed by atoms with Gasteiger partial charge in [-0.15, -0.1) is 36.2 Å². The fourth-order valence-corrected chi connectivity index (χ4v) is 2.06. The Hall–Kier alpha value is -0.360. The SMILES string of the molecule is CNCC(C)C(=O)NCCc1csc(C)n1.Cl.Cl. The summed E-state index contributed by atoms with van der Waals surface area (Å²) in [6, 6.07) is 0. The summed E-state index contributed by atoms with van der Waals surface area (Å²) in [5, 5.41) is 9.01. The number of nitrogens with one attached hydrogen (secondary N) is 2. The van der Waals surface area contributed by atoms with Crippen LogP contribution in [0.2, 0.25) is 0 Å². The lowest BCUT2D eigenvalue weighted by molar-refractivity contribution is -0.124. The number of aryl methyl sites for hydroxylation is 1. The molecule has 1 heterocycles. The Bertz CT molecular complexity index is 347. The lowest BCUT2D eigenvalue weighted by Gasteiger charge is -2.10. The summed E-state index contributed by atoms with van der Waals surface area (Å²) < 4.78 is 0. The molecule has 1 amide bonds. The standard InChI is InChI=1S/C11H19N3OS.2ClH/c1-8(6-12-3)11(15)13-5-4-10-7-16-9(2)14-10;;/h7-8,12H,4-6H2,1-3H3,(H,13,15);2*1H. The molecule has 0 aliphatic carbocycles. The molecule has 4 nitrogen and oxygen atoms in total. The van der Waals surface area contributed by atoms with Gasteiger partial charge in [-0.1, -0.05) is 6.92 Å². The Morgan fingerprint density at radius 3 is 2.67 bits per heavy atom. The van der Waals surface area contributed by atoms with Crippen molar-refractivity contribution in [1.29, 1.82) is 0 Å². The first-order chi connectivity index (χ1) is 7.63. The highest BCUT2D eigenvalue weighted by Crippen LogP contribution is 2.07. The lowest BCUT2D eigenvalue weighted by Crippen LogP contribution is -2.35. The summed E-state index contributed by atoms with van der Waals surface area (Å²) in [6.45, 7) is 5.28. The normalized spacial score (nSPS) is 11.1. The molecule has 0 fully saturated rings. The number of thiazole rings is 1. The Morgan fingerprint density at radius 1 is 1.50 bits per heavy atom. The molecular formula is C11H21Cl2N3OS. The molecule has 0 bridgehead atoms. The minimum absolute atomic E-state index is 0. The van der Waals surface area contributed by atoms with E-state index in [1.165, 1.54) is 0 Å². The zero-order valence-electron chi connectivity index (χ0n) is 10.9. The average Bonchev–Trinajstić information content (AvgIpc) is 2.64. The number of nitrogens with zero attached hydrogens (tertiary/aromatic N) is 1. The van der Waals surface area contributed by atoms with E-state index in [2.05, 4.69) is 15.6 Å². The van der Waals surface area contributed by atoms with Gasteiger partial charge in [-0.2, -0.15) is 0 Å². The molecule has 106 valence electrons. The topological polar surface area (TPSA) is 54.0 Å². The quantitative estimate of drug-likeness (QED) is 0.842.